The maximum Gasteiger partial charge on any atom is 0.252 e. The number of aryl methyl sites for hydroxylation is 1. The van der Waals surface area contributed by atoms with Crippen LogP contribution in [0.2, 0.25) is 0 Å². The molecule has 0 bridgehead atoms. The third kappa shape index (κ3) is 3.41. The Kier molecular flexibility index (Phi) is 4.82. The number of methoxy groups -OCH3 is 1. The molecule has 20 heavy (non-hydrogen) atoms. The summed E-state index contributed by atoms with van der Waals surface area (Å²) in [5.74, 6) is 0.174. The van der Waals surface area contributed by atoms with Crippen molar-refractivity contribution in [1.29, 1.82) is 5.26 Å². The number of nitrogens with zero attached hydrogens (tertiary/aromatic N) is 4. The van der Waals surface area contributed by atoms with Crippen molar-refractivity contribution in [3.8, 4) is 11.8 Å². The summed E-state index contributed by atoms with van der Waals surface area (Å²) in [6.07, 6.45) is 1.55. The third-order valence-corrected chi connectivity index (χ3v) is 2.98. The summed E-state index contributed by atoms with van der Waals surface area (Å²) in [6.45, 7) is 4.38. The molecule has 0 atom stereocenters. The fourth-order valence-corrected chi connectivity index (χ4v) is 1.86. The van der Waals surface area contributed by atoms with Crippen LogP contribution in [-0.2, 0) is 11.3 Å². The number of benzene rings is 1. The summed E-state index contributed by atoms with van der Waals surface area (Å²) in [4.78, 5) is 3.90. The van der Waals surface area contributed by atoms with Crippen molar-refractivity contribution >= 4 is 0 Å². The minimum atomic E-state index is 0.174. The Labute approximate surface area is 118 Å². The Bertz CT molecular complexity index is 614. The first kappa shape index (κ1) is 14.2. The Morgan fingerprint density at radius 3 is 2.95 bits per heavy atom. The second-order valence-corrected chi connectivity index (χ2v) is 4.40. The lowest BCUT2D eigenvalue weighted by Crippen LogP contribution is -2.19. The molecule has 0 unspecified atom stereocenters. The van der Waals surface area contributed by atoms with Crippen molar-refractivity contribution in [1.82, 2.24) is 20.1 Å². The van der Waals surface area contributed by atoms with Crippen LogP contribution in [0, 0.1) is 18.3 Å². The predicted molar refractivity (Wildman–Crippen MR) is 74.4 cm³/mol. The molecule has 2 aromatic rings. The van der Waals surface area contributed by atoms with Crippen molar-refractivity contribution in [2.24, 2.45) is 0 Å². The zero-order valence-electron chi connectivity index (χ0n) is 11.6. The number of aromatic nitrogens is 3. The molecule has 2 rings (SSSR count). The number of rotatable bonds is 6. The smallest absolute Gasteiger partial charge is 0.252 e. The van der Waals surface area contributed by atoms with E-state index in [0.717, 1.165) is 18.8 Å². The van der Waals surface area contributed by atoms with E-state index in [9.17, 15) is 0 Å². The highest BCUT2D eigenvalue weighted by Gasteiger charge is 2.04. The van der Waals surface area contributed by atoms with E-state index < -0.39 is 0 Å². The molecule has 0 spiro atoms. The highest BCUT2D eigenvalue weighted by molar-refractivity contribution is 5.39. The van der Waals surface area contributed by atoms with E-state index >= 15 is 0 Å². The molecule has 0 amide bonds. The highest BCUT2D eigenvalue weighted by atomic mass is 16.5. The highest BCUT2D eigenvalue weighted by Crippen LogP contribution is 2.14. The minimum Gasteiger partial charge on any atom is -0.383 e. The summed E-state index contributed by atoms with van der Waals surface area (Å²) in [5, 5.41) is 16.1. The number of nitrogens with one attached hydrogen (secondary N) is 1. The molecule has 0 aliphatic carbocycles. The topological polar surface area (TPSA) is 75.8 Å². The van der Waals surface area contributed by atoms with Crippen LogP contribution < -0.4 is 5.32 Å². The lowest BCUT2D eigenvalue weighted by molar-refractivity contribution is 0.199. The van der Waals surface area contributed by atoms with E-state index in [0.29, 0.717) is 6.61 Å². The Morgan fingerprint density at radius 2 is 2.30 bits per heavy atom. The molecular weight excluding hydrogens is 254 g/mol. The van der Waals surface area contributed by atoms with Gasteiger partial charge in [-0.2, -0.15) is 5.26 Å². The zero-order valence-corrected chi connectivity index (χ0v) is 11.6. The minimum absolute atomic E-state index is 0.174. The van der Waals surface area contributed by atoms with Crippen LogP contribution in [0.25, 0.3) is 5.69 Å². The maximum absolute atomic E-state index is 8.73. The van der Waals surface area contributed by atoms with Crippen molar-refractivity contribution in [3.05, 3.63) is 41.5 Å². The SMILES string of the molecule is COCCNCc1ccc(-n2cnc(C#N)n2)cc1C. The fourth-order valence-electron chi connectivity index (χ4n) is 1.86. The molecule has 0 aliphatic heterocycles. The average Bonchev–Trinajstić information content (AvgIpc) is 2.94. The monoisotopic (exact) mass is 271 g/mol. The van der Waals surface area contributed by atoms with Gasteiger partial charge in [-0.3, -0.25) is 0 Å². The summed E-state index contributed by atoms with van der Waals surface area (Å²) in [5.41, 5.74) is 3.30. The molecular formula is C14H17N5O. The lowest BCUT2D eigenvalue weighted by atomic mass is 10.1. The second-order valence-electron chi connectivity index (χ2n) is 4.40. The molecule has 1 N–H and O–H groups in total. The summed E-state index contributed by atoms with van der Waals surface area (Å²) >= 11 is 0. The van der Waals surface area contributed by atoms with Crippen LogP contribution in [0.1, 0.15) is 17.0 Å². The first-order valence-electron chi connectivity index (χ1n) is 6.36. The molecule has 6 nitrogen and oxygen atoms in total. The van der Waals surface area contributed by atoms with Gasteiger partial charge in [-0.1, -0.05) is 6.07 Å². The second kappa shape index (κ2) is 6.80. The Hall–Kier alpha value is -2.23. The van der Waals surface area contributed by atoms with Crippen LogP contribution in [0.5, 0.6) is 0 Å². The number of hydrogen-bond acceptors (Lipinski definition) is 5. The van der Waals surface area contributed by atoms with Gasteiger partial charge in [0, 0.05) is 20.2 Å². The Morgan fingerprint density at radius 1 is 1.45 bits per heavy atom. The standard InChI is InChI=1S/C14H17N5O/c1-11-7-13(19-10-17-14(8-15)18-19)4-3-12(11)9-16-5-6-20-2/h3-4,7,10,16H,5-6,9H2,1-2H3. The maximum atomic E-state index is 8.73. The van der Waals surface area contributed by atoms with Crippen LogP contribution >= 0.6 is 0 Å². The van der Waals surface area contributed by atoms with Gasteiger partial charge in [-0.05, 0) is 30.2 Å². The van der Waals surface area contributed by atoms with Crippen molar-refractivity contribution in [3.63, 3.8) is 0 Å². The average molecular weight is 271 g/mol. The largest absolute Gasteiger partial charge is 0.383 e. The summed E-state index contributed by atoms with van der Waals surface area (Å²) in [6, 6.07) is 7.97. The van der Waals surface area contributed by atoms with E-state index in [1.54, 1.807) is 18.1 Å². The van der Waals surface area contributed by atoms with Crippen LogP contribution in [0.3, 0.4) is 0 Å². The fraction of sp³-hybridized carbons (Fsp3) is 0.357. The summed E-state index contributed by atoms with van der Waals surface area (Å²) in [7, 11) is 1.69. The molecule has 1 aromatic carbocycles. The quantitative estimate of drug-likeness (QED) is 0.798. The predicted octanol–water partition coefficient (Wildman–Crippen LogP) is 1.18. The first-order chi connectivity index (χ1) is 9.74. The number of ether oxygens (including phenoxy) is 1. The molecule has 104 valence electrons. The Balaban J connectivity index is 2.07. The van der Waals surface area contributed by atoms with Gasteiger partial charge in [0.15, 0.2) is 0 Å². The van der Waals surface area contributed by atoms with Crippen molar-refractivity contribution in [2.75, 3.05) is 20.3 Å². The molecule has 0 saturated carbocycles. The lowest BCUT2D eigenvalue weighted by Gasteiger charge is -2.09. The van der Waals surface area contributed by atoms with Gasteiger partial charge in [0.25, 0.3) is 5.82 Å². The zero-order chi connectivity index (χ0) is 14.4. The van der Waals surface area contributed by atoms with Gasteiger partial charge in [0.1, 0.15) is 12.4 Å². The molecule has 1 aromatic heterocycles. The van der Waals surface area contributed by atoms with E-state index in [1.165, 1.54) is 11.1 Å². The molecule has 0 fully saturated rings. The summed E-state index contributed by atoms with van der Waals surface area (Å²) < 4.78 is 6.60. The van der Waals surface area contributed by atoms with Crippen LogP contribution in [0.4, 0.5) is 0 Å². The number of nitriles is 1. The van der Waals surface area contributed by atoms with Crippen LogP contribution in [-0.4, -0.2) is 35.0 Å². The van der Waals surface area contributed by atoms with Gasteiger partial charge in [0.05, 0.1) is 12.3 Å². The first-order valence-corrected chi connectivity index (χ1v) is 6.36. The van der Waals surface area contributed by atoms with E-state index in [2.05, 4.69) is 28.4 Å². The molecule has 0 radical (unpaired) electrons. The van der Waals surface area contributed by atoms with Crippen LogP contribution in [0.15, 0.2) is 24.5 Å². The molecule has 1 heterocycles. The van der Waals surface area contributed by atoms with Gasteiger partial charge in [-0.25, -0.2) is 9.67 Å². The number of hydrogen-bond donors (Lipinski definition) is 1. The van der Waals surface area contributed by atoms with Gasteiger partial charge >= 0.3 is 0 Å². The molecule has 6 heteroatoms. The van der Waals surface area contributed by atoms with E-state index in [1.807, 2.05) is 18.2 Å². The molecule has 0 saturated heterocycles. The van der Waals surface area contributed by atoms with E-state index in [4.69, 9.17) is 10.00 Å². The van der Waals surface area contributed by atoms with E-state index in [-0.39, 0.29) is 5.82 Å². The van der Waals surface area contributed by atoms with Crippen molar-refractivity contribution < 1.29 is 4.74 Å². The van der Waals surface area contributed by atoms with Crippen molar-refractivity contribution in [2.45, 2.75) is 13.5 Å². The van der Waals surface area contributed by atoms with Gasteiger partial charge < -0.3 is 10.1 Å². The van der Waals surface area contributed by atoms with Gasteiger partial charge in [0.2, 0.25) is 0 Å². The normalized spacial score (nSPS) is 10.4. The third-order valence-electron chi connectivity index (χ3n) is 2.98. The molecule has 0 aliphatic rings. The van der Waals surface area contributed by atoms with Gasteiger partial charge in [-0.15, -0.1) is 5.10 Å².